The fourth-order valence-electron chi connectivity index (χ4n) is 4.12. The van der Waals surface area contributed by atoms with Crippen LogP contribution in [0.4, 0.5) is 5.82 Å². The standard InChI is InChI=1S/C21H23N3O2S/c1-14-22-19(24-9-7-16(8-10-24)21-25-11-12-26-21)18-17(13-27-20(18)23-14)15-5-3-2-4-6-15/h2-6,13,16,21H,7-12H2,1H3. The van der Waals surface area contributed by atoms with Crippen molar-refractivity contribution in [2.45, 2.75) is 26.1 Å². The van der Waals surface area contributed by atoms with Crippen molar-refractivity contribution in [3.8, 4) is 11.1 Å². The predicted molar refractivity (Wildman–Crippen MR) is 108 cm³/mol. The molecule has 0 aliphatic carbocycles. The first kappa shape index (κ1) is 17.1. The summed E-state index contributed by atoms with van der Waals surface area (Å²) in [5.41, 5.74) is 2.45. The second-order valence-corrected chi connectivity index (χ2v) is 8.08. The second kappa shape index (κ2) is 7.19. The van der Waals surface area contributed by atoms with Gasteiger partial charge in [0, 0.05) is 30.0 Å². The summed E-state index contributed by atoms with van der Waals surface area (Å²) in [4.78, 5) is 13.0. The van der Waals surface area contributed by atoms with Crippen LogP contribution in [0, 0.1) is 12.8 Å². The third kappa shape index (κ3) is 3.22. The zero-order valence-corrected chi connectivity index (χ0v) is 16.2. The number of nitrogens with zero attached hydrogens (tertiary/aromatic N) is 3. The van der Waals surface area contributed by atoms with Crippen LogP contribution in [0.1, 0.15) is 18.7 Å². The molecular formula is C21H23N3O2S. The number of anilines is 1. The van der Waals surface area contributed by atoms with Crippen molar-refractivity contribution in [2.75, 3.05) is 31.2 Å². The number of ether oxygens (including phenoxy) is 2. The molecule has 0 saturated carbocycles. The van der Waals surface area contributed by atoms with Crippen molar-refractivity contribution in [3.05, 3.63) is 41.5 Å². The first-order valence-electron chi connectivity index (χ1n) is 9.59. The fraction of sp³-hybridized carbons (Fsp3) is 0.429. The minimum absolute atomic E-state index is 0.0136. The highest BCUT2D eigenvalue weighted by atomic mass is 32.1. The Labute approximate surface area is 163 Å². The maximum atomic E-state index is 5.72. The first-order chi connectivity index (χ1) is 13.3. The van der Waals surface area contributed by atoms with Gasteiger partial charge in [-0.3, -0.25) is 0 Å². The summed E-state index contributed by atoms with van der Waals surface area (Å²) in [6.45, 7) is 5.39. The van der Waals surface area contributed by atoms with E-state index in [-0.39, 0.29) is 6.29 Å². The predicted octanol–water partition coefficient (Wildman–Crippen LogP) is 4.26. The molecule has 27 heavy (non-hydrogen) atoms. The van der Waals surface area contributed by atoms with Gasteiger partial charge in [-0.25, -0.2) is 9.97 Å². The summed E-state index contributed by atoms with van der Waals surface area (Å²) in [7, 11) is 0. The Morgan fingerprint density at radius 3 is 2.52 bits per heavy atom. The molecular weight excluding hydrogens is 358 g/mol. The van der Waals surface area contributed by atoms with Gasteiger partial charge < -0.3 is 14.4 Å². The van der Waals surface area contributed by atoms with Crippen LogP contribution < -0.4 is 4.90 Å². The Morgan fingerprint density at radius 1 is 1.04 bits per heavy atom. The molecule has 5 nitrogen and oxygen atoms in total. The maximum absolute atomic E-state index is 5.72. The van der Waals surface area contributed by atoms with Gasteiger partial charge in [-0.1, -0.05) is 30.3 Å². The summed E-state index contributed by atoms with van der Waals surface area (Å²) in [5, 5.41) is 3.40. The third-order valence-corrected chi connectivity index (χ3v) is 6.35. The van der Waals surface area contributed by atoms with Crippen molar-refractivity contribution in [1.82, 2.24) is 9.97 Å². The Kier molecular flexibility index (Phi) is 4.55. The molecule has 0 N–H and O–H groups in total. The molecule has 2 fully saturated rings. The normalized spacial score (nSPS) is 19.2. The van der Waals surface area contributed by atoms with Crippen LogP contribution in [0.2, 0.25) is 0 Å². The molecule has 2 saturated heterocycles. The topological polar surface area (TPSA) is 47.5 Å². The van der Waals surface area contributed by atoms with Gasteiger partial charge in [-0.05, 0) is 25.3 Å². The molecule has 2 aromatic heterocycles. The lowest BCUT2D eigenvalue weighted by Crippen LogP contribution is -2.38. The molecule has 6 heteroatoms. The number of thiophene rings is 1. The zero-order valence-electron chi connectivity index (χ0n) is 15.4. The van der Waals surface area contributed by atoms with E-state index in [1.165, 1.54) is 16.5 Å². The van der Waals surface area contributed by atoms with E-state index < -0.39 is 0 Å². The summed E-state index contributed by atoms with van der Waals surface area (Å²) >= 11 is 1.70. The van der Waals surface area contributed by atoms with Crippen LogP contribution >= 0.6 is 11.3 Å². The molecule has 2 aliphatic rings. The lowest BCUT2D eigenvalue weighted by Gasteiger charge is -2.35. The van der Waals surface area contributed by atoms with Gasteiger partial charge in [0.2, 0.25) is 0 Å². The van der Waals surface area contributed by atoms with Crippen LogP contribution in [0.25, 0.3) is 21.3 Å². The van der Waals surface area contributed by atoms with Crippen LogP contribution in [-0.4, -0.2) is 42.6 Å². The second-order valence-electron chi connectivity index (χ2n) is 7.22. The Balaban J connectivity index is 1.48. The molecule has 3 aromatic rings. The van der Waals surface area contributed by atoms with E-state index in [1.54, 1.807) is 11.3 Å². The Morgan fingerprint density at radius 2 is 1.78 bits per heavy atom. The number of rotatable bonds is 3. The number of benzene rings is 1. The lowest BCUT2D eigenvalue weighted by molar-refractivity contribution is -0.0889. The van der Waals surface area contributed by atoms with Crippen LogP contribution in [-0.2, 0) is 9.47 Å². The van der Waals surface area contributed by atoms with Crippen molar-refractivity contribution < 1.29 is 9.47 Å². The largest absolute Gasteiger partial charge is 0.356 e. The molecule has 1 aromatic carbocycles. The van der Waals surface area contributed by atoms with Crippen molar-refractivity contribution in [1.29, 1.82) is 0 Å². The SMILES string of the molecule is Cc1nc(N2CCC(C3OCCO3)CC2)c2c(-c3ccccc3)csc2n1. The van der Waals surface area contributed by atoms with Gasteiger partial charge >= 0.3 is 0 Å². The molecule has 5 rings (SSSR count). The van der Waals surface area contributed by atoms with E-state index in [9.17, 15) is 0 Å². The van der Waals surface area contributed by atoms with E-state index in [0.29, 0.717) is 5.92 Å². The monoisotopic (exact) mass is 381 g/mol. The zero-order chi connectivity index (χ0) is 18.2. The average Bonchev–Trinajstić information content (AvgIpc) is 3.38. The van der Waals surface area contributed by atoms with Gasteiger partial charge in [0.1, 0.15) is 16.5 Å². The smallest absolute Gasteiger partial charge is 0.160 e. The van der Waals surface area contributed by atoms with Gasteiger partial charge in [0.05, 0.1) is 18.6 Å². The summed E-state index contributed by atoms with van der Waals surface area (Å²) in [5.74, 6) is 2.39. The number of aromatic nitrogens is 2. The number of hydrogen-bond donors (Lipinski definition) is 0. The number of fused-ring (bicyclic) bond motifs is 1. The van der Waals surface area contributed by atoms with E-state index in [0.717, 1.165) is 55.6 Å². The van der Waals surface area contributed by atoms with E-state index >= 15 is 0 Å². The van der Waals surface area contributed by atoms with E-state index in [2.05, 4.69) is 40.6 Å². The molecule has 140 valence electrons. The van der Waals surface area contributed by atoms with Crippen molar-refractivity contribution in [3.63, 3.8) is 0 Å². The first-order valence-corrected chi connectivity index (χ1v) is 10.5. The van der Waals surface area contributed by atoms with Gasteiger partial charge in [-0.15, -0.1) is 11.3 Å². The quantitative estimate of drug-likeness (QED) is 0.679. The van der Waals surface area contributed by atoms with Crippen LogP contribution in [0.5, 0.6) is 0 Å². The average molecular weight is 382 g/mol. The van der Waals surface area contributed by atoms with Gasteiger partial charge in [0.15, 0.2) is 6.29 Å². The molecule has 0 radical (unpaired) electrons. The van der Waals surface area contributed by atoms with Crippen molar-refractivity contribution in [2.24, 2.45) is 5.92 Å². The summed E-state index contributed by atoms with van der Waals surface area (Å²) in [6.07, 6.45) is 2.13. The van der Waals surface area contributed by atoms with E-state index in [4.69, 9.17) is 19.4 Å². The molecule has 0 spiro atoms. The molecule has 0 amide bonds. The molecule has 0 atom stereocenters. The fourth-order valence-corrected chi connectivity index (χ4v) is 5.11. The highest BCUT2D eigenvalue weighted by Crippen LogP contribution is 2.39. The number of hydrogen-bond acceptors (Lipinski definition) is 6. The van der Waals surface area contributed by atoms with Gasteiger partial charge in [-0.2, -0.15) is 0 Å². The lowest BCUT2D eigenvalue weighted by atomic mass is 9.95. The van der Waals surface area contributed by atoms with Crippen LogP contribution in [0.3, 0.4) is 0 Å². The van der Waals surface area contributed by atoms with Crippen molar-refractivity contribution >= 4 is 27.4 Å². The molecule has 4 heterocycles. The molecule has 0 bridgehead atoms. The van der Waals surface area contributed by atoms with E-state index in [1.807, 2.05) is 6.92 Å². The number of aryl methyl sites for hydroxylation is 1. The molecule has 0 unspecified atom stereocenters. The maximum Gasteiger partial charge on any atom is 0.160 e. The molecule has 2 aliphatic heterocycles. The Hall–Kier alpha value is -2.02. The Bertz CT molecular complexity index is 929. The minimum Gasteiger partial charge on any atom is -0.356 e. The van der Waals surface area contributed by atoms with Gasteiger partial charge in [0.25, 0.3) is 0 Å². The third-order valence-electron chi connectivity index (χ3n) is 5.48. The number of piperidine rings is 1. The highest BCUT2D eigenvalue weighted by molar-refractivity contribution is 7.17. The van der Waals surface area contributed by atoms with Crippen LogP contribution in [0.15, 0.2) is 35.7 Å². The highest BCUT2D eigenvalue weighted by Gasteiger charge is 2.31. The summed E-state index contributed by atoms with van der Waals surface area (Å²) in [6, 6.07) is 10.5. The minimum atomic E-state index is -0.0136. The summed E-state index contributed by atoms with van der Waals surface area (Å²) < 4.78 is 11.4.